The molecule has 0 bridgehead atoms. The molecule has 0 atom stereocenters. The monoisotopic (exact) mass is 297 g/mol. The van der Waals surface area contributed by atoms with Crippen molar-refractivity contribution in [1.82, 2.24) is 14.8 Å². The molecular weight excluding hydrogens is 286 g/mol. The first-order valence-corrected chi connectivity index (χ1v) is 7.23. The number of rotatable bonds is 2. The molecule has 6 nitrogen and oxygen atoms in total. The number of carbonyl (C=O) groups excluding carboxylic acids is 1. The number of amides is 2. The van der Waals surface area contributed by atoms with E-state index in [1.54, 1.807) is 0 Å². The van der Waals surface area contributed by atoms with Crippen molar-refractivity contribution >= 4 is 22.5 Å². The van der Waals surface area contributed by atoms with Gasteiger partial charge in [-0.05, 0) is 12.1 Å². The van der Waals surface area contributed by atoms with Crippen LogP contribution in [0.3, 0.4) is 0 Å². The molecule has 21 heavy (non-hydrogen) atoms. The summed E-state index contributed by atoms with van der Waals surface area (Å²) in [6.45, 7) is 0. The van der Waals surface area contributed by atoms with Gasteiger partial charge in [-0.1, -0.05) is 29.5 Å². The largest absolute Gasteiger partial charge is 0.351 e. The minimum absolute atomic E-state index is 0.527. The molecule has 0 radical (unpaired) electrons. The molecule has 2 heterocycles. The highest BCUT2D eigenvalue weighted by molar-refractivity contribution is 7.19. The summed E-state index contributed by atoms with van der Waals surface area (Å²) in [7, 11) is 0. The Morgan fingerprint density at radius 3 is 2.90 bits per heavy atom. The number of hydrogen-bond acceptors (Lipinski definition) is 4. The van der Waals surface area contributed by atoms with Gasteiger partial charge < -0.3 is 5.73 Å². The lowest BCUT2D eigenvalue weighted by atomic mass is 10.2. The standard InChI is InChI=1S/C14H11N5OS/c15-13(20)18-14-17-10-6-8-7-16-19(11(8)12(10)21-14)9-4-2-1-3-5-9/h1-5,7H,6H2,(H3,15,17,18,20). The number of para-hydroxylation sites is 1. The number of hydrogen-bond donors (Lipinski definition) is 2. The maximum Gasteiger partial charge on any atom is 0.318 e. The highest BCUT2D eigenvalue weighted by Gasteiger charge is 2.28. The molecular formula is C14H11N5OS. The van der Waals surface area contributed by atoms with Crippen molar-refractivity contribution in [2.75, 3.05) is 5.32 Å². The van der Waals surface area contributed by atoms with Crippen LogP contribution in [0, 0.1) is 0 Å². The molecule has 1 aliphatic rings. The van der Waals surface area contributed by atoms with Crippen LogP contribution >= 0.6 is 11.3 Å². The van der Waals surface area contributed by atoms with Gasteiger partial charge in [0.25, 0.3) is 0 Å². The van der Waals surface area contributed by atoms with E-state index in [9.17, 15) is 4.79 Å². The number of aromatic nitrogens is 3. The molecule has 104 valence electrons. The Kier molecular flexibility index (Phi) is 2.55. The molecule has 2 amide bonds. The summed E-state index contributed by atoms with van der Waals surface area (Å²) in [4.78, 5) is 16.4. The zero-order valence-electron chi connectivity index (χ0n) is 10.9. The molecule has 0 aliphatic heterocycles. The minimum Gasteiger partial charge on any atom is -0.351 e. The normalized spacial score (nSPS) is 12.0. The first kappa shape index (κ1) is 12.1. The van der Waals surface area contributed by atoms with Crippen LogP contribution in [0.4, 0.5) is 9.93 Å². The van der Waals surface area contributed by atoms with Crippen LogP contribution in [-0.2, 0) is 6.42 Å². The average molecular weight is 297 g/mol. The Balaban J connectivity index is 1.82. The Labute approximate surface area is 124 Å². The summed E-state index contributed by atoms with van der Waals surface area (Å²) in [6.07, 6.45) is 2.60. The second-order valence-corrected chi connectivity index (χ2v) is 5.73. The van der Waals surface area contributed by atoms with E-state index in [2.05, 4.69) is 15.4 Å². The first-order valence-electron chi connectivity index (χ1n) is 6.41. The molecule has 3 aromatic rings. The zero-order chi connectivity index (χ0) is 14.4. The van der Waals surface area contributed by atoms with E-state index in [-0.39, 0.29) is 0 Å². The van der Waals surface area contributed by atoms with Crippen molar-refractivity contribution in [3.63, 3.8) is 0 Å². The summed E-state index contributed by atoms with van der Waals surface area (Å²) >= 11 is 1.42. The van der Waals surface area contributed by atoms with E-state index in [1.165, 1.54) is 11.3 Å². The van der Waals surface area contributed by atoms with Gasteiger partial charge in [0.1, 0.15) is 0 Å². The molecule has 0 fully saturated rings. The van der Waals surface area contributed by atoms with Gasteiger partial charge in [-0.3, -0.25) is 5.32 Å². The molecule has 7 heteroatoms. The van der Waals surface area contributed by atoms with E-state index in [4.69, 9.17) is 5.73 Å². The Hall–Kier alpha value is -2.67. The van der Waals surface area contributed by atoms with Crippen LogP contribution in [0.5, 0.6) is 0 Å². The summed E-state index contributed by atoms with van der Waals surface area (Å²) in [5.41, 5.74) is 9.30. The number of nitrogens with zero attached hydrogens (tertiary/aromatic N) is 3. The highest BCUT2D eigenvalue weighted by atomic mass is 32.1. The predicted molar refractivity (Wildman–Crippen MR) is 80.7 cm³/mol. The van der Waals surface area contributed by atoms with Crippen LogP contribution in [-0.4, -0.2) is 20.8 Å². The fourth-order valence-corrected chi connectivity index (χ4v) is 3.57. The van der Waals surface area contributed by atoms with Gasteiger partial charge >= 0.3 is 6.03 Å². The van der Waals surface area contributed by atoms with Crippen LogP contribution < -0.4 is 11.1 Å². The number of nitrogens with one attached hydrogen (secondary N) is 1. The molecule has 1 aromatic carbocycles. The number of thiazole rings is 1. The van der Waals surface area contributed by atoms with Crippen molar-refractivity contribution in [2.45, 2.75) is 6.42 Å². The fraction of sp³-hybridized carbons (Fsp3) is 0.0714. The van der Waals surface area contributed by atoms with E-state index in [0.29, 0.717) is 5.13 Å². The third kappa shape index (κ3) is 1.90. The summed E-state index contributed by atoms with van der Waals surface area (Å²) in [5, 5.41) is 7.52. The van der Waals surface area contributed by atoms with E-state index >= 15 is 0 Å². The second kappa shape index (κ2) is 4.42. The molecule has 4 rings (SSSR count). The van der Waals surface area contributed by atoms with E-state index in [0.717, 1.165) is 33.9 Å². The van der Waals surface area contributed by atoms with Gasteiger partial charge in [-0.25, -0.2) is 14.5 Å². The number of nitrogens with two attached hydrogens (primary N) is 1. The van der Waals surface area contributed by atoms with E-state index < -0.39 is 6.03 Å². The average Bonchev–Trinajstić information content (AvgIpc) is 3.09. The SMILES string of the molecule is NC(=O)Nc1nc2c(s1)-c1c(cnn1-c1ccccc1)C2. The second-order valence-electron chi connectivity index (χ2n) is 4.73. The van der Waals surface area contributed by atoms with Gasteiger partial charge in [0.2, 0.25) is 0 Å². The van der Waals surface area contributed by atoms with Gasteiger partial charge in [-0.2, -0.15) is 5.10 Å². The smallest absolute Gasteiger partial charge is 0.318 e. The predicted octanol–water partition coefficient (Wildman–Crippen LogP) is 2.39. The van der Waals surface area contributed by atoms with Crippen LogP contribution in [0.2, 0.25) is 0 Å². The van der Waals surface area contributed by atoms with Gasteiger partial charge in [0, 0.05) is 12.0 Å². The first-order chi connectivity index (χ1) is 10.2. The van der Waals surface area contributed by atoms with Crippen molar-refractivity contribution in [1.29, 1.82) is 0 Å². The van der Waals surface area contributed by atoms with Crippen molar-refractivity contribution < 1.29 is 4.79 Å². The summed E-state index contributed by atoms with van der Waals surface area (Å²) in [5.74, 6) is 0. The third-order valence-electron chi connectivity index (χ3n) is 3.35. The Morgan fingerprint density at radius 1 is 1.33 bits per heavy atom. The maximum absolute atomic E-state index is 10.9. The number of anilines is 1. The molecule has 0 unspecified atom stereocenters. The third-order valence-corrected chi connectivity index (χ3v) is 4.37. The van der Waals surface area contributed by atoms with Gasteiger partial charge in [0.05, 0.1) is 28.1 Å². The molecule has 0 saturated heterocycles. The summed E-state index contributed by atoms with van der Waals surface area (Å²) in [6, 6.07) is 9.35. The lowest BCUT2D eigenvalue weighted by Crippen LogP contribution is -2.19. The van der Waals surface area contributed by atoms with Crippen molar-refractivity contribution in [2.24, 2.45) is 5.73 Å². The highest BCUT2D eigenvalue weighted by Crippen LogP contribution is 2.42. The topological polar surface area (TPSA) is 85.8 Å². The number of primary amides is 1. The Bertz CT molecular complexity index is 836. The minimum atomic E-state index is -0.598. The number of urea groups is 1. The molecule has 3 N–H and O–H groups in total. The van der Waals surface area contributed by atoms with Crippen LogP contribution in [0.15, 0.2) is 36.5 Å². The van der Waals surface area contributed by atoms with Gasteiger partial charge in [0.15, 0.2) is 5.13 Å². The maximum atomic E-state index is 10.9. The van der Waals surface area contributed by atoms with Crippen molar-refractivity contribution in [3.05, 3.63) is 47.8 Å². The number of fused-ring (bicyclic) bond motifs is 3. The number of benzene rings is 1. The quantitative estimate of drug-likeness (QED) is 0.595. The van der Waals surface area contributed by atoms with Crippen molar-refractivity contribution in [3.8, 4) is 16.3 Å². The summed E-state index contributed by atoms with van der Waals surface area (Å²) < 4.78 is 1.91. The lowest BCUT2D eigenvalue weighted by Gasteiger charge is -2.04. The molecule has 2 aromatic heterocycles. The fourth-order valence-electron chi connectivity index (χ4n) is 2.51. The van der Waals surface area contributed by atoms with Crippen LogP contribution in [0.25, 0.3) is 16.3 Å². The van der Waals surface area contributed by atoms with E-state index in [1.807, 2.05) is 41.2 Å². The zero-order valence-corrected chi connectivity index (χ0v) is 11.7. The van der Waals surface area contributed by atoms with Crippen LogP contribution in [0.1, 0.15) is 11.3 Å². The van der Waals surface area contributed by atoms with Gasteiger partial charge in [-0.15, -0.1) is 0 Å². The molecule has 0 saturated carbocycles. The molecule has 1 aliphatic carbocycles. The lowest BCUT2D eigenvalue weighted by molar-refractivity contribution is 0.259. The number of carbonyl (C=O) groups is 1. The Morgan fingerprint density at radius 2 is 2.14 bits per heavy atom. The molecule has 0 spiro atoms.